The Morgan fingerprint density at radius 1 is 1.48 bits per heavy atom. The maximum atomic E-state index is 12.3. The molecule has 1 heterocycles. The van der Waals surface area contributed by atoms with Crippen molar-refractivity contribution in [2.24, 2.45) is 5.92 Å². The minimum absolute atomic E-state index is 0.1000. The van der Waals surface area contributed by atoms with Gasteiger partial charge in [-0.15, -0.1) is 0 Å². The number of hydrogen-bond donors (Lipinski definition) is 3. The van der Waals surface area contributed by atoms with Crippen LogP contribution in [0, 0.1) is 5.92 Å². The zero-order valence-corrected chi connectivity index (χ0v) is 12.5. The second-order valence-corrected chi connectivity index (χ2v) is 5.77. The van der Waals surface area contributed by atoms with E-state index in [-0.39, 0.29) is 11.9 Å². The van der Waals surface area contributed by atoms with Crippen LogP contribution in [0.5, 0.6) is 0 Å². The molecule has 1 aliphatic heterocycles. The normalized spacial score (nSPS) is 19.0. The fourth-order valence-corrected chi connectivity index (χ4v) is 2.55. The first-order chi connectivity index (χ1) is 10.1. The molecule has 6 heteroatoms. The highest BCUT2D eigenvalue weighted by Gasteiger charge is 2.26. The maximum absolute atomic E-state index is 12.3. The van der Waals surface area contributed by atoms with E-state index < -0.39 is 6.23 Å². The van der Waals surface area contributed by atoms with E-state index in [1.165, 1.54) is 11.1 Å². The van der Waals surface area contributed by atoms with E-state index in [0.717, 1.165) is 0 Å². The van der Waals surface area contributed by atoms with Crippen molar-refractivity contribution in [3.05, 3.63) is 35.4 Å². The number of carbonyl (C=O) groups excluding carboxylic acids is 1. The van der Waals surface area contributed by atoms with Gasteiger partial charge in [0.1, 0.15) is 6.23 Å². The molecule has 113 valence electrons. The molecule has 21 heavy (non-hydrogen) atoms. The van der Waals surface area contributed by atoms with Crippen LogP contribution >= 0.6 is 0 Å². The van der Waals surface area contributed by atoms with Crippen LogP contribution in [0.15, 0.2) is 24.3 Å². The summed E-state index contributed by atoms with van der Waals surface area (Å²) in [5, 5.41) is 14.9. The van der Waals surface area contributed by atoms with E-state index >= 15 is 0 Å². The van der Waals surface area contributed by atoms with Gasteiger partial charge in [0.05, 0.1) is 6.04 Å². The lowest BCUT2D eigenvalue weighted by Crippen LogP contribution is -2.51. The molecule has 1 aliphatic rings. The molecule has 1 radical (unpaired) electrons. The topological polar surface area (TPSA) is 70.6 Å². The number of amides is 1. The third-order valence-electron chi connectivity index (χ3n) is 3.61. The van der Waals surface area contributed by atoms with Gasteiger partial charge in [0.25, 0.3) is 0 Å². The molecule has 2 rings (SSSR count). The quantitative estimate of drug-likeness (QED) is 0.533. The monoisotopic (exact) mass is 289 g/mol. The van der Waals surface area contributed by atoms with Gasteiger partial charge in [-0.1, -0.05) is 38.1 Å². The summed E-state index contributed by atoms with van der Waals surface area (Å²) in [7, 11) is 0.636. The highest BCUT2D eigenvalue weighted by molar-refractivity contribution is 6.15. The summed E-state index contributed by atoms with van der Waals surface area (Å²) in [5.41, 5.74) is 2.44. The van der Waals surface area contributed by atoms with Crippen molar-refractivity contribution in [1.29, 1.82) is 0 Å². The van der Waals surface area contributed by atoms with E-state index in [0.29, 0.717) is 33.0 Å². The average Bonchev–Trinajstić information content (AvgIpc) is 2.46. The first-order valence-electron chi connectivity index (χ1n) is 7.32. The molecule has 3 N–H and O–H groups in total. The molecule has 0 fully saturated rings. The number of rotatable bonds is 6. The summed E-state index contributed by atoms with van der Waals surface area (Å²) in [5.74, 6) is 0.257. The van der Waals surface area contributed by atoms with Gasteiger partial charge >= 0.3 is 7.69 Å². The molecule has 0 aliphatic carbocycles. The average molecular weight is 289 g/mol. The molecule has 0 saturated carbocycles. The summed E-state index contributed by atoms with van der Waals surface area (Å²) >= 11 is 0. The van der Waals surface area contributed by atoms with Crippen LogP contribution in [0.25, 0.3) is 0 Å². The van der Waals surface area contributed by atoms with Crippen molar-refractivity contribution in [3.8, 4) is 0 Å². The van der Waals surface area contributed by atoms with E-state index in [2.05, 4.69) is 22.8 Å². The number of benzene rings is 1. The Hall–Kier alpha value is -1.37. The van der Waals surface area contributed by atoms with Crippen molar-refractivity contribution >= 4 is 13.6 Å². The molecule has 2 atom stereocenters. The Balaban J connectivity index is 1.94. The molecule has 1 aromatic rings. The minimum atomic E-state index is -0.499. The van der Waals surface area contributed by atoms with Crippen LogP contribution in [0.4, 0.5) is 0 Å². The second-order valence-electron chi connectivity index (χ2n) is 5.77. The number of hydrogen-bond acceptors (Lipinski definition) is 4. The minimum Gasteiger partial charge on any atom is -0.429 e. The van der Waals surface area contributed by atoms with E-state index in [1.807, 2.05) is 26.0 Å². The van der Waals surface area contributed by atoms with Crippen LogP contribution in [0.1, 0.15) is 31.4 Å². The third kappa shape index (κ3) is 4.56. The Morgan fingerprint density at radius 3 is 2.86 bits per heavy atom. The second kappa shape index (κ2) is 7.59. The SMILES string of the molecule is CC(C)C[C@H](NC(=O)C1Cc2ccccc2CN1)O[B]O. The molecule has 0 aromatic heterocycles. The van der Waals surface area contributed by atoms with Crippen LogP contribution in [-0.4, -0.2) is 30.9 Å². The van der Waals surface area contributed by atoms with E-state index in [9.17, 15) is 4.79 Å². The van der Waals surface area contributed by atoms with Crippen molar-refractivity contribution in [1.82, 2.24) is 10.6 Å². The van der Waals surface area contributed by atoms with Gasteiger partial charge in [-0.05, 0) is 29.9 Å². The van der Waals surface area contributed by atoms with E-state index in [4.69, 9.17) is 9.68 Å². The summed E-state index contributed by atoms with van der Waals surface area (Å²) in [6, 6.07) is 7.86. The zero-order chi connectivity index (χ0) is 15.2. The first-order valence-corrected chi connectivity index (χ1v) is 7.32. The number of fused-ring (bicyclic) bond motifs is 1. The van der Waals surface area contributed by atoms with Crippen molar-refractivity contribution in [2.75, 3.05) is 0 Å². The summed E-state index contributed by atoms with van der Waals surface area (Å²) in [4.78, 5) is 12.3. The van der Waals surface area contributed by atoms with Gasteiger partial charge in [0, 0.05) is 6.54 Å². The van der Waals surface area contributed by atoms with Crippen LogP contribution in [-0.2, 0) is 22.4 Å². The van der Waals surface area contributed by atoms with Gasteiger partial charge in [-0.25, -0.2) is 0 Å². The molecule has 0 spiro atoms. The van der Waals surface area contributed by atoms with Crippen LogP contribution in [0.3, 0.4) is 0 Å². The summed E-state index contributed by atoms with van der Waals surface area (Å²) in [6.07, 6.45) is 0.812. The Bertz CT molecular complexity index is 482. The molecule has 0 saturated heterocycles. The van der Waals surface area contributed by atoms with Crippen LogP contribution < -0.4 is 10.6 Å². The largest absolute Gasteiger partial charge is 0.486 e. The summed E-state index contributed by atoms with van der Waals surface area (Å²) in [6.45, 7) is 4.76. The number of nitrogens with one attached hydrogen (secondary N) is 2. The molecule has 1 unspecified atom stereocenters. The van der Waals surface area contributed by atoms with Gasteiger partial charge in [0.15, 0.2) is 0 Å². The highest BCUT2D eigenvalue weighted by atomic mass is 16.5. The smallest absolute Gasteiger partial charge is 0.429 e. The standard InChI is InChI=1S/C15H22BN2O3/c1-10(2)7-14(21-16-20)18-15(19)13-8-11-5-3-4-6-12(11)9-17-13/h3-6,10,13-14,17,20H,7-9H2,1-2H3,(H,18,19)/t13?,14-/m1/s1. The lowest BCUT2D eigenvalue weighted by atomic mass is 9.95. The fraction of sp³-hybridized carbons (Fsp3) is 0.533. The molecule has 5 nitrogen and oxygen atoms in total. The lowest BCUT2D eigenvalue weighted by Gasteiger charge is -2.28. The van der Waals surface area contributed by atoms with Crippen LogP contribution in [0.2, 0.25) is 0 Å². The van der Waals surface area contributed by atoms with Crippen molar-refractivity contribution in [2.45, 2.75) is 45.5 Å². The molecule has 1 amide bonds. The fourth-order valence-electron chi connectivity index (χ4n) is 2.55. The zero-order valence-electron chi connectivity index (χ0n) is 12.5. The summed E-state index contributed by atoms with van der Waals surface area (Å²) < 4.78 is 5.05. The Labute approximate surface area is 126 Å². The lowest BCUT2D eigenvalue weighted by molar-refractivity contribution is -0.126. The molecule has 0 bridgehead atoms. The van der Waals surface area contributed by atoms with Gasteiger partial charge in [0.2, 0.25) is 5.91 Å². The van der Waals surface area contributed by atoms with Gasteiger partial charge < -0.3 is 20.3 Å². The molecular formula is C15H22BN2O3. The van der Waals surface area contributed by atoms with E-state index in [1.54, 1.807) is 0 Å². The van der Waals surface area contributed by atoms with Gasteiger partial charge in [-0.3, -0.25) is 4.79 Å². The van der Waals surface area contributed by atoms with Crippen molar-refractivity contribution < 1.29 is 14.5 Å². The molecule has 1 aromatic carbocycles. The van der Waals surface area contributed by atoms with Crippen molar-refractivity contribution in [3.63, 3.8) is 0 Å². The maximum Gasteiger partial charge on any atom is 0.486 e. The number of carbonyl (C=O) groups is 1. The first kappa shape index (κ1) is 16.0. The molecular weight excluding hydrogens is 267 g/mol. The predicted molar refractivity (Wildman–Crippen MR) is 81.2 cm³/mol. The Kier molecular flexibility index (Phi) is 5.79. The Morgan fingerprint density at radius 2 is 2.19 bits per heavy atom. The third-order valence-corrected chi connectivity index (χ3v) is 3.61. The predicted octanol–water partition coefficient (Wildman–Crippen LogP) is 0.732. The highest BCUT2D eigenvalue weighted by Crippen LogP contribution is 2.16. The van der Waals surface area contributed by atoms with Gasteiger partial charge in [-0.2, -0.15) is 0 Å².